The molecule has 5 rings (SSSR count). The van der Waals surface area contributed by atoms with Gasteiger partial charge in [-0.3, -0.25) is 4.90 Å². The number of aromatic nitrogens is 1. The van der Waals surface area contributed by atoms with Crippen molar-refractivity contribution < 1.29 is 10.2 Å². The maximum atomic E-state index is 12.1. The number of H-pyrrole nitrogens is 1. The summed E-state index contributed by atoms with van der Waals surface area (Å²) in [7, 11) is 0. The van der Waals surface area contributed by atoms with Gasteiger partial charge >= 0.3 is 0 Å². The molecule has 1 aromatic heterocycles. The van der Waals surface area contributed by atoms with Crippen molar-refractivity contribution in [1.29, 1.82) is 0 Å². The fourth-order valence-electron chi connectivity index (χ4n) is 5.52. The quantitative estimate of drug-likeness (QED) is 0.615. The van der Waals surface area contributed by atoms with Crippen molar-refractivity contribution in [3.63, 3.8) is 0 Å². The molecular weight excluding hydrogens is 348 g/mol. The number of likely N-dealkylation sites (tertiary alicyclic amines) is 1. The molecular formula is C24H26N2O2. The summed E-state index contributed by atoms with van der Waals surface area (Å²) in [6.07, 6.45) is 4.11. The average Bonchev–Trinajstić information content (AvgIpc) is 3.02. The summed E-state index contributed by atoms with van der Waals surface area (Å²) >= 11 is 0. The molecule has 4 heteroatoms. The number of nitrogens with zero attached hydrogens (tertiary/aromatic N) is 1. The Kier molecular flexibility index (Phi) is 3.90. The number of para-hydroxylation sites is 1. The van der Waals surface area contributed by atoms with Crippen molar-refractivity contribution in [2.24, 2.45) is 0 Å². The molecule has 2 aromatic carbocycles. The van der Waals surface area contributed by atoms with E-state index in [0.29, 0.717) is 13.0 Å². The number of piperidine rings is 1. The Morgan fingerprint density at radius 2 is 2.00 bits per heavy atom. The zero-order valence-electron chi connectivity index (χ0n) is 16.0. The third-order valence-electron chi connectivity index (χ3n) is 6.87. The second kappa shape index (κ2) is 6.23. The molecule has 3 aromatic rings. The molecule has 0 bridgehead atoms. The summed E-state index contributed by atoms with van der Waals surface area (Å²) in [4.78, 5) is 5.89. The molecule has 0 saturated carbocycles. The van der Waals surface area contributed by atoms with Crippen LogP contribution in [0, 0.1) is 0 Å². The van der Waals surface area contributed by atoms with Crippen molar-refractivity contribution >= 4 is 10.9 Å². The van der Waals surface area contributed by atoms with E-state index in [2.05, 4.69) is 40.7 Å². The van der Waals surface area contributed by atoms with Crippen molar-refractivity contribution in [2.75, 3.05) is 19.6 Å². The maximum absolute atomic E-state index is 12.1. The van der Waals surface area contributed by atoms with E-state index in [-0.39, 0.29) is 5.75 Å². The predicted molar refractivity (Wildman–Crippen MR) is 112 cm³/mol. The van der Waals surface area contributed by atoms with Gasteiger partial charge in [-0.05, 0) is 42.3 Å². The van der Waals surface area contributed by atoms with Crippen LogP contribution in [0.25, 0.3) is 10.9 Å². The van der Waals surface area contributed by atoms with Gasteiger partial charge < -0.3 is 15.2 Å². The van der Waals surface area contributed by atoms with E-state index in [9.17, 15) is 10.2 Å². The first-order valence-electron chi connectivity index (χ1n) is 9.98. The molecule has 0 radical (unpaired) electrons. The Morgan fingerprint density at radius 1 is 1.14 bits per heavy atom. The van der Waals surface area contributed by atoms with Crippen molar-refractivity contribution in [2.45, 2.75) is 30.3 Å². The third-order valence-corrected chi connectivity index (χ3v) is 6.87. The molecule has 1 aliphatic carbocycles. The zero-order valence-corrected chi connectivity index (χ0v) is 16.0. The lowest BCUT2D eigenvalue weighted by molar-refractivity contribution is -0.100. The first-order chi connectivity index (χ1) is 13.5. The Balaban J connectivity index is 1.69. The van der Waals surface area contributed by atoms with Gasteiger partial charge in [-0.1, -0.05) is 36.4 Å². The van der Waals surface area contributed by atoms with Crippen LogP contribution in [0.3, 0.4) is 0 Å². The second-order valence-corrected chi connectivity index (χ2v) is 8.42. The summed E-state index contributed by atoms with van der Waals surface area (Å²) < 4.78 is 0. The van der Waals surface area contributed by atoms with Crippen molar-refractivity contribution in [3.05, 3.63) is 78.0 Å². The van der Waals surface area contributed by atoms with Crippen LogP contribution in [-0.4, -0.2) is 45.3 Å². The second-order valence-electron chi connectivity index (χ2n) is 8.42. The van der Waals surface area contributed by atoms with Gasteiger partial charge in [0.2, 0.25) is 0 Å². The molecule has 4 nitrogen and oxygen atoms in total. The average molecular weight is 374 g/mol. The number of aromatic amines is 1. The zero-order chi connectivity index (χ0) is 19.4. The standard InChI is InChI=1S/C24H26N2O2/c1-2-11-26-12-10-23(17-6-5-7-18(27)13-17)15-22-20(14-24(23,28)16-26)19-8-3-4-9-21(19)25-22/h2-9,13,25,27-28H,1,10-12,14-16H2. The summed E-state index contributed by atoms with van der Waals surface area (Å²) in [6, 6.07) is 15.8. The number of aliphatic hydroxyl groups is 1. The van der Waals surface area contributed by atoms with Gasteiger partial charge in [0, 0.05) is 47.9 Å². The van der Waals surface area contributed by atoms with Crippen molar-refractivity contribution in [1.82, 2.24) is 9.88 Å². The summed E-state index contributed by atoms with van der Waals surface area (Å²) in [5.74, 6) is 0.255. The van der Waals surface area contributed by atoms with Crippen LogP contribution in [0.15, 0.2) is 61.2 Å². The highest BCUT2D eigenvalue weighted by Gasteiger charge is 2.57. The van der Waals surface area contributed by atoms with E-state index in [1.165, 1.54) is 16.6 Å². The number of aromatic hydroxyl groups is 1. The molecule has 144 valence electrons. The van der Waals surface area contributed by atoms with E-state index in [4.69, 9.17) is 0 Å². The fraction of sp³-hybridized carbons (Fsp3) is 0.333. The van der Waals surface area contributed by atoms with Gasteiger partial charge in [0.15, 0.2) is 0 Å². The van der Waals surface area contributed by atoms with Gasteiger partial charge in [-0.25, -0.2) is 0 Å². The molecule has 1 fully saturated rings. The first kappa shape index (κ1) is 17.5. The summed E-state index contributed by atoms with van der Waals surface area (Å²) in [6.45, 7) is 6.16. The highest BCUT2D eigenvalue weighted by molar-refractivity contribution is 5.85. The van der Waals surface area contributed by atoms with Gasteiger partial charge in [-0.15, -0.1) is 6.58 Å². The van der Waals surface area contributed by atoms with Crippen LogP contribution < -0.4 is 0 Å². The number of fused-ring (bicyclic) bond motifs is 4. The number of benzene rings is 2. The highest BCUT2D eigenvalue weighted by Crippen LogP contribution is 2.51. The minimum atomic E-state index is -0.903. The fourth-order valence-corrected chi connectivity index (χ4v) is 5.52. The molecule has 1 saturated heterocycles. The van der Waals surface area contributed by atoms with E-state index in [1.54, 1.807) is 6.07 Å². The molecule has 2 aliphatic rings. The number of phenols is 1. The van der Waals surface area contributed by atoms with Gasteiger partial charge in [0.25, 0.3) is 0 Å². The molecule has 3 N–H and O–H groups in total. The minimum absolute atomic E-state index is 0.255. The van der Waals surface area contributed by atoms with E-state index >= 15 is 0 Å². The Bertz CT molecular complexity index is 1060. The predicted octanol–water partition coefficient (Wildman–Crippen LogP) is 3.53. The number of hydrogen-bond acceptors (Lipinski definition) is 3. The normalized spacial score (nSPS) is 27.3. The van der Waals surface area contributed by atoms with Crippen LogP contribution in [0.1, 0.15) is 23.2 Å². The summed E-state index contributed by atoms with van der Waals surface area (Å²) in [5, 5.41) is 23.5. The Morgan fingerprint density at radius 3 is 2.82 bits per heavy atom. The molecule has 0 spiro atoms. The van der Waals surface area contributed by atoms with E-state index in [1.807, 2.05) is 24.3 Å². The lowest BCUT2D eigenvalue weighted by Gasteiger charge is -2.56. The molecule has 2 heterocycles. The number of rotatable bonds is 3. The number of phenolic OH excluding ortho intramolecular Hbond substituents is 1. The largest absolute Gasteiger partial charge is 0.508 e. The van der Waals surface area contributed by atoms with Crippen LogP contribution in [-0.2, 0) is 18.3 Å². The molecule has 0 amide bonds. The van der Waals surface area contributed by atoms with E-state index < -0.39 is 11.0 Å². The summed E-state index contributed by atoms with van der Waals surface area (Å²) in [5.41, 5.74) is 3.28. The van der Waals surface area contributed by atoms with Gasteiger partial charge in [0.05, 0.1) is 5.60 Å². The minimum Gasteiger partial charge on any atom is -0.508 e. The molecule has 28 heavy (non-hydrogen) atoms. The smallest absolute Gasteiger partial charge is 0.115 e. The number of hydrogen-bond donors (Lipinski definition) is 3. The third kappa shape index (κ3) is 2.45. The maximum Gasteiger partial charge on any atom is 0.115 e. The molecule has 1 aliphatic heterocycles. The van der Waals surface area contributed by atoms with E-state index in [0.717, 1.165) is 37.0 Å². The van der Waals surface area contributed by atoms with Crippen LogP contribution in [0.2, 0.25) is 0 Å². The van der Waals surface area contributed by atoms with Gasteiger partial charge in [-0.2, -0.15) is 0 Å². The Labute approximate surface area is 165 Å². The number of β-amino-alcohol motifs (C(OH)–C–C–N with tert-alkyl or cyclic N) is 1. The van der Waals surface area contributed by atoms with Gasteiger partial charge in [0.1, 0.15) is 5.75 Å². The number of nitrogens with one attached hydrogen (secondary N) is 1. The topological polar surface area (TPSA) is 59.5 Å². The van der Waals surface area contributed by atoms with Crippen LogP contribution in [0.5, 0.6) is 5.75 Å². The lowest BCUT2D eigenvalue weighted by Crippen LogP contribution is -2.66. The van der Waals surface area contributed by atoms with Crippen molar-refractivity contribution in [3.8, 4) is 5.75 Å². The lowest BCUT2D eigenvalue weighted by atomic mass is 9.56. The van der Waals surface area contributed by atoms with Crippen LogP contribution >= 0.6 is 0 Å². The van der Waals surface area contributed by atoms with Crippen LogP contribution in [0.4, 0.5) is 0 Å². The molecule has 2 atom stereocenters. The molecule has 2 unspecified atom stereocenters. The monoisotopic (exact) mass is 374 g/mol. The highest BCUT2D eigenvalue weighted by atomic mass is 16.3. The first-order valence-corrected chi connectivity index (χ1v) is 9.98. The SMILES string of the molecule is C=CCN1CCC2(c3cccc(O)c3)Cc3[nH]c4ccccc4c3CC2(O)C1. The Hall–Kier alpha value is -2.56.